The van der Waals surface area contributed by atoms with Crippen LogP contribution in [-0.2, 0) is 0 Å². The molecule has 0 amide bonds. The molecule has 1 fully saturated rings. The summed E-state index contributed by atoms with van der Waals surface area (Å²) in [5.41, 5.74) is 0.859. The zero-order chi connectivity index (χ0) is 11.1. The zero-order valence-corrected chi connectivity index (χ0v) is 9.94. The van der Waals surface area contributed by atoms with E-state index in [2.05, 4.69) is 31.2 Å². The van der Waals surface area contributed by atoms with Crippen molar-refractivity contribution < 1.29 is 0 Å². The Hall–Kier alpha value is -1.43. The second-order valence-corrected chi connectivity index (χ2v) is 4.63. The van der Waals surface area contributed by atoms with Crippen LogP contribution in [-0.4, -0.2) is 20.0 Å². The van der Waals surface area contributed by atoms with Gasteiger partial charge in [0.05, 0.1) is 5.69 Å². The Morgan fingerprint density at radius 2 is 2.31 bits per heavy atom. The van der Waals surface area contributed by atoms with Crippen molar-refractivity contribution >= 4 is 15.9 Å². The smallest absolute Gasteiger partial charge is 0.287 e. The minimum atomic E-state index is -0.109. The largest absolute Gasteiger partial charge is 0.292 e. The first-order chi connectivity index (χ1) is 7.77. The van der Waals surface area contributed by atoms with Crippen LogP contribution in [0.1, 0.15) is 24.5 Å². The molecule has 0 aliphatic heterocycles. The normalized spacial score (nSPS) is 15.3. The monoisotopic (exact) mass is 280 g/mol. The van der Waals surface area contributed by atoms with E-state index in [9.17, 15) is 4.79 Å². The van der Waals surface area contributed by atoms with Gasteiger partial charge in [0.25, 0.3) is 5.56 Å². The minimum absolute atomic E-state index is 0.109. The van der Waals surface area contributed by atoms with Crippen LogP contribution in [0.4, 0.5) is 0 Å². The average Bonchev–Trinajstić information content (AvgIpc) is 3.10. The lowest BCUT2D eigenvalue weighted by Crippen LogP contribution is -2.16. The number of nitrogens with zero attached hydrogens (tertiary/aromatic N) is 3. The molecule has 1 aliphatic carbocycles. The maximum absolute atomic E-state index is 11.9. The molecule has 1 N–H and O–H groups in total. The van der Waals surface area contributed by atoms with Crippen LogP contribution in [0.5, 0.6) is 0 Å². The van der Waals surface area contributed by atoms with Crippen LogP contribution in [0.3, 0.4) is 0 Å². The molecule has 0 atom stereocenters. The van der Waals surface area contributed by atoms with Crippen LogP contribution in [0.15, 0.2) is 27.6 Å². The summed E-state index contributed by atoms with van der Waals surface area (Å²) in [5, 5.41) is 10.7. The lowest BCUT2D eigenvalue weighted by molar-refractivity contribution is 0.770. The van der Waals surface area contributed by atoms with Crippen molar-refractivity contribution in [3.05, 3.63) is 38.9 Å². The van der Waals surface area contributed by atoms with Crippen molar-refractivity contribution in [2.75, 3.05) is 0 Å². The molecule has 1 aliphatic rings. The number of aromatic amines is 1. The number of halogens is 1. The molecule has 82 valence electrons. The van der Waals surface area contributed by atoms with E-state index in [1.165, 1.54) is 4.68 Å². The molecule has 2 aromatic heterocycles. The molecule has 0 saturated heterocycles. The van der Waals surface area contributed by atoms with Crippen LogP contribution in [0.25, 0.3) is 5.82 Å². The van der Waals surface area contributed by atoms with Crippen molar-refractivity contribution in [3.63, 3.8) is 0 Å². The van der Waals surface area contributed by atoms with Gasteiger partial charge in [-0.1, -0.05) is 0 Å². The van der Waals surface area contributed by atoms with Gasteiger partial charge in [-0.25, -0.2) is 0 Å². The molecule has 2 aromatic rings. The number of aromatic nitrogens is 4. The summed E-state index contributed by atoms with van der Waals surface area (Å²) >= 11 is 3.33. The molecule has 0 unspecified atom stereocenters. The highest BCUT2D eigenvalue weighted by atomic mass is 79.9. The van der Waals surface area contributed by atoms with E-state index in [0.29, 0.717) is 16.2 Å². The van der Waals surface area contributed by atoms with Gasteiger partial charge in [-0.3, -0.25) is 9.89 Å². The standard InChI is InChI=1S/C10H9BrN4O/c11-8-9(6-3-4-6)14-15(10(8)16)7-2-1-5-12-13-7/h1-2,5-6,14H,3-4H2. The molecular formula is C10H9BrN4O. The number of nitrogens with one attached hydrogen (secondary N) is 1. The fourth-order valence-corrected chi connectivity index (χ4v) is 2.24. The average molecular weight is 281 g/mol. The van der Waals surface area contributed by atoms with Crippen LogP contribution >= 0.6 is 15.9 Å². The number of H-pyrrole nitrogens is 1. The summed E-state index contributed by atoms with van der Waals surface area (Å²) in [6.07, 6.45) is 3.85. The molecule has 2 heterocycles. The highest BCUT2D eigenvalue weighted by Gasteiger charge is 2.29. The third-order valence-corrected chi connectivity index (χ3v) is 3.40. The first-order valence-corrected chi connectivity index (χ1v) is 5.85. The van der Waals surface area contributed by atoms with Crippen molar-refractivity contribution in [1.29, 1.82) is 0 Å². The fourth-order valence-electron chi connectivity index (χ4n) is 1.65. The first-order valence-electron chi connectivity index (χ1n) is 5.06. The SMILES string of the molecule is O=c1c(Br)c(C2CC2)[nH]n1-c1cccnn1. The van der Waals surface area contributed by atoms with Gasteiger partial charge in [0, 0.05) is 12.1 Å². The summed E-state index contributed by atoms with van der Waals surface area (Å²) in [6.45, 7) is 0. The topological polar surface area (TPSA) is 63.6 Å². The summed E-state index contributed by atoms with van der Waals surface area (Å²) in [6, 6.07) is 3.49. The van der Waals surface area contributed by atoms with Gasteiger partial charge in [-0.15, -0.1) is 5.10 Å². The van der Waals surface area contributed by atoms with E-state index in [1.54, 1.807) is 18.3 Å². The number of hydrogen-bond acceptors (Lipinski definition) is 3. The fraction of sp³-hybridized carbons (Fsp3) is 0.300. The van der Waals surface area contributed by atoms with Gasteiger partial charge >= 0.3 is 0 Å². The van der Waals surface area contributed by atoms with E-state index in [1.807, 2.05) is 0 Å². The predicted molar refractivity (Wildman–Crippen MR) is 61.7 cm³/mol. The zero-order valence-electron chi connectivity index (χ0n) is 8.35. The van der Waals surface area contributed by atoms with Gasteiger partial charge in [-0.05, 0) is 40.9 Å². The van der Waals surface area contributed by atoms with E-state index in [0.717, 1.165) is 18.5 Å². The van der Waals surface area contributed by atoms with E-state index >= 15 is 0 Å². The van der Waals surface area contributed by atoms with Crippen molar-refractivity contribution in [3.8, 4) is 5.82 Å². The molecular weight excluding hydrogens is 272 g/mol. The summed E-state index contributed by atoms with van der Waals surface area (Å²) in [7, 11) is 0. The van der Waals surface area contributed by atoms with Crippen LogP contribution in [0.2, 0.25) is 0 Å². The number of rotatable bonds is 2. The predicted octanol–water partition coefficient (Wildman–Crippen LogP) is 1.60. The first kappa shape index (κ1) is 9.77. The maximum Gasteiger partial charge on any atom is 0.287 e. The van der Waals surface area contributed by atoms with Crippen molar-refractivity contribution in [1.82, 2.24) is 20.0 Å². The highest BCUT2D eigenvalue weighted by molar-refractivity contribution is 9.10. The second-order valence-electron chi connectivity index (χ2n) is 3.84. The summed E-state index contributed by atoms with van der Waals surface area (Å²) < 4.78 is 2.03. The Balaban J connectivity index is 2.15. The molecule has 0 radical (unpaired) electrons. The second kappa shape index (κ2) is 3.55. The Labute approximate surface area is 99.6 Å². The maximum atomic E-state index is 11.9. The molecule has 6 heteroatoms. The Morgan fingerprint density at radius 1 is 1.50 bits per heavy atom. The van der Waals surface area contributed by atoms with Gasteiger partial charge in [0.1, 0.15) is 4.47 Å². The molecule has 0 spiro atoms. The molecule has 1 saturated carbocycles. The van der Waals surface area contributed by atoms with Gasteiger partial charge in [0.2, 0.25) is 0 Å². The van der Waals surface area contributed by atoms with E-state index in [-0.39, 0.29) is 5.56 Å². The quantitative estimate of drug-likeness (QED) is 0.909. The van der Waals surface area contributed by atoms with Crippen LogP contribution in [0, 0.1) is 0 Å². The molecule has 0 aromatic carbocycles. The lowest BCUT2D eigenvalue weighted by atomic mass is 10.3. The van der Waals surface area contributed by atoms with Gasteiger partial charge in [0.15, 0.2) is 5.82 Å². The highest BCUT2D eigenvalue weighted by Crippen LogP contribution is 2.41. The number of hydrogen-bond donors (Lipinski definition) is 1. The minimum Gasteiger partial charge on any atom is -0.292 e. The molecule has 3 rings (SSSR count). The molecule has 0 bridgehead atoms. The van der Waals surface area contributed by atoms with Crippen LogP contribution < -0.4 is 5.56 Å². The summed E-state index contributed by atoms with van der Waals surface area (Å²) in [4.78, 5) is 11.9. The Bertz CT molecular complexity index is 570. The van der Waals surface area contributed by atoms with E-state index in [4.69, 9.17) is 0 Å². The summed E-state index contributed by atoms with van der Waals surface area (Å²) in [5.74, 6) is 1.00. The Morgan fingerprint density at radius 3 is 2.94 bits per heavy atom. The van der Waals surface area contributed by atoms with E-state index < -0.39 is 0 Å². The third-order valence-electron chi connectivity index (χ3n) is 2.63. The molecule has 16 heavy (non-hydrogen) atoms. The third kappa shape index (κ3) is 1.49. The van der Waals surface area contributed by atoms with Gasteiger partial charge < -0.3 is 0 Å². The van der Waals surface area contributed by atoms with Crippen molar-refractivity contribution in [2.24, 2.45) is 0 Å². The van der Waals surface area contributed by atoms with Gasteiger partial charge in [-0.2, -0.15) is 9.78 Å². The Kier molecular flexibility index (Phi) is 2.17. The molecule has 5 nitrogen and oxygen atoms in total. The van der Waals surface area contributed by atoms with Crippen molar-refractivity contribution in [2.45, 2.75) is 18.8 Å². The lowest BCUT2D eigenvalue weighted by Gasteiger charge is -1.97.